The van der Waals surface area contributed by atoms with Crippen LogP contribution in [0.4, 0.5) is 0 Å². The maximum absolute atomic E-state index is 12.1. The fourth-order valence-electron chi connectivity index (χ4n) is 2.13. The van der Waals surface area contributed by atoms with Gasteiger partial charge in [-0.1, -0.05) is 0 Å². The number of hydrogen-bond donors (Lipinski definition) is 2. The molecule has 2 N–H and O–H groups in total. The van der Waals surface area contributed by atoms with E-state index < -0.39 is 0 Å². The Morgan fingerprint density at radius 3 is 2.78 bits per heavy atom. The van der Waals surface area contributed by atoms with Gasteiger partial charge < -0.3 is 15.0 Å². The molecule has 0 aliphatic heterocycles. The molecular formula is C13H14N2O2S. The van der Waals surface area contributed by atoms with Crippen molar-refractivity contribution in [2.75, 3.05) is 0 Å². The highest BCUT2D eigenvalue weighted by molar-refractivity contribution is 7.12. The predicted octanol–water partition coefficient (Wildman–Crippen LogP) is 1.79. The quantitative estimate of drug-likeness (QED) is 0.886. The highest BCUT2D eigenvalue weighted by Crippen LogP contribution is 2.24. The molecule has 2 aromatic rings. The van der Waals surface area contributed by atoms with Crippen LogP contribution in [0.15, 0.2) is 36.0 Å². The van der Waals surface area contributed by atoms with Crippen molar-refractivity contribution in [3.05, 3.63) is 40.8 Å². The molecular weight excluding hydrogens is 248 g/mol. The monoisotopic (exact) mass is 262 g/mol. The molecule has 0 aromatic carbocycles. The van der Waals surface area contributed by atoms with E-state index in [0.29, 0.717) is 17.7 Å². The summed E-state index contributed by atoms with van der Waals surface area (Å²) in [5, 5.41) is 14.1. The Morgan fingerprint density at radius 2 is 2.11 bits per heavy atom. The number of nitrogens with zero attached hydrogens (tertiary/aromatic N) is 1. The SMILES string of the molecule is O=C(NC1CC(O)C1)c1sccc1-n1cccc1. The summed E-state index contributed by atoms with van der Waals surface area (Å²) in [6.07, 6.45) is 4.92. The summed E-state index contributed by atoms with van der Waals surface area (Å²) in [4.78, 5) is 12.9. The molecule has 0 bridgehead atoms. The van der Waals surface area contributed by atoms with Crippen LogP contribution in [-0.2, 0) is 0 Å². The summed E-state index contributed by atoms with van der Waals surface area (Å²) in [5.41, 5.74) is 0.905. The summed E-state index contributed by atoms with van der Waals surface area (Å²) in [7, 11) is 0. The van der Waals surface area contributed by atoms with Crippen molar-refractivity contribution < 1.29 is 9.90 Å². The van der Waals surface area contributed by atoms with Gasteiger partial charge in [0.15, 0.2) is 0 Å². The van der Waals surface area contributed by atoms with Crippen LogP contribution in [0.1, 0.15) is 22.5 Å². The molecule has 1 fully saturated rings. The van der Waals surface area contributed by atoms with Gasteiger partial charge in [0, 0.05) is 18.4 Å². The third-order valence-electron chi connectivity index (χ3n) is 3.18. The second kappa shape index (κ2) is 4.59. The van der Waals surface area contributed by atoms with Gasteiger partial charge in [-0.2, -0.15) is 0 Å². The molecule has 1 aliphatic carbocycles. The first-order valence-corrected chi connectivity index (χ1v) is 6.82. The van der Waals surface area contributed by atoms with Gasteiger partial charge in [-0.3, -0.25) is 4.79 Å². The molecule has 0 atom stereocenters. The normalized spacial score (nSPS) is 22.5. The van der Waals surface area contributed by atoms with Crippen LogP contribution in [0.25, 0.3) is 5.69 Å². The van der Waals surface area contributed by atoms with Crippen LogP contribution in [0, 0.1) is 0 Å². The molecule has 0 unspecified atom stereocenters. The Morgan fingerprint density at radius 1 is 1.39 bits per heavy atom. The second-order valence-electron chi connectivity index (χ2n) is 4.52. The Kier molecular flexibility index (Phi) is 2.93. The zero-order valence-corrected chi connectivity index (χ0v) is 10.6. The Balaban J connectivity index is 1.76. The number of carbonyl (C=O) groups excluding carboxylic acids is 1. The van der Waals surface area contributed by atoms with E-state index in [2.05, 4.69) is 5.32 Å². The molecule has 5 heteroatoms. The fourth-order valence-corrected chi connectivity index (χ4v) is 2.92. The molecule has 4 nitrogen and oxygen atoms in total. The van der Waals surface area contributed by atoms with Gasteiger partial charge in [-0.15, -0.1) is 11.3 Å². The molecule has 3 rings (SSSR count). The molecule has 1 amide bonds. The fraction of sp³-hybridized carbons (Fsp3) is 0.308. The lowest BCUT2D eigenvalue weighted by Crippen LogP contribution is -2.46. The number of hydrogen-bond acceptors (Lipinski definition) is 3. The minimum absolute atomic E-state index is 0.0504. The molecule has 1 aliphatic rings. The van der Waals surface area contributed by atoms with Crippen LogP contribution in [0.2, 0.25) is 0 Å². The van der Waals surface area contributed by atoms with Gasteiger partial charge in [0.2, 0.25) is 0 Å². The Bertz CT molecular complexity index is 541. The molecule has 1 saturated carbocycles. The minimum atomic E-state index is -0.248. The molecule has 94 valence electrons. The highest BCUT2D eigenvalue weighted by atomic mass is 32.1. The predicted molar refractivity (Wildman–Crippen MR) is 70.1 cm³/mol. The molecule has 2 heterocycles. The van der Waals surface area contributed by atoms with Crippen molar-refractivity contribution in [3.63, 3.8) is 0 Å². The number of aromatic nitrogens is 1. The largest absolute Gasteiger partial charge is 0.393 e. The topological polar surface area (TPSA) is 54.3 Å². The maximum Gasteiger partial charge on any atom is 0.263 e. The summed E-state index contributed by atoms with van der Waals surface area (Å²) in [6.45, 7) is 0. The minimum Gasteiger partial charge on any atom is -0.393 e. The van der Waals surface area contributed by atoms with Crippen molar-refractivity contribution in [3.8, 4) is 5.69 Å². The van der Waals surface area contributed by atoms with Gasteiger partial charge in [0.1, 0.15) is 4.88 Å². The van der Waals surface area contributed by atoms with Gasteiger partial charge in [0.05, 0.1) is 11.8 Å². The highest BCUT2D eigenvalue weighted by Gasteiger charge is 2.29. The van der Waals surface area contributed by atoms with E-state index in [1.165, 1.54) is 11.3 Å². The van der Waals surface area contributed by atoms with Crippen molar-refractivity contribution in [1.82, 2.24) is 9.88 Å². The van der Waals surface area contributed by atoms with E-state index in [1.807, 2.05) is 40.5 Å². The van der Waals surface area contributed by atoms with Crippen molar-refractivity contribution >= 4 is 17.2 Å². The molecule has 0 saturated heterocycles. The van der Waals surface area contributed by atoms with Crippen molar-refractivity contribution in [2.45, 2.75) is 25.0 Å². The smallest absolute Gasteiger partial charge is 0.263 e. The number of carbonyl (C=O) groups is 1. The van der Waals surface area contributed by atoms with Crippen molar-refractivity contribution in [2.24, 2.45) is 0 Å². The molecule has 18 heavy (non-hydrogen) atoms. The first-order chi connectivity index (χ1) is 8.74. The van der Waals surface area contributed by atoms with E-state index >= 15 is 0 Å². The van der Waals surface area contributed by atoms with Gasteiger partial charge >= 0.3 is 0 Å². The summed E-state index contributed by atoms with van der Waals surface area (Å²) in [5.74, 6) is -0.0504. The third kappa shape index (κ3) is 2.07. The maximum atomic E-state index is 12.1. The van der Waals surface area contributed by atoms with Gasteiger partial charge in [0.25, 0.3) is 5.91 Å². The number of nitrogens with one attached hydrogen (secondary N) is 1. The zero-order valence-electron chi connectivity index (χ0n) is 9.74. The molecule has 0 spiro atoms. The molecule has 0 radical (unpaired) electrons. The average Bonchev–Trinajstić information content (AvgIpc) is 2.97. The first-order valence-electron chi connectivity index (χ1n) is 5.94. The van der Waals surface area contributed by atoms with Crippen LogP contribution in [-0.4, -0.2) is 27.7 Å². The number of aliphatic hydroxyl groups is 1. The van der Waals surface area contributed by atoms with Crippen LogP contribution in [0.3, 0.4) is 0 Å². The zero-order chi connectivity index (χ0) is 12.5. The number of rotatable bonds is 3. The lowest BCUT2D eigenvalue weighted by molar-refractivity contribution is 0.0564. The average molecular weight is 262 g/mol. The van der Waals surface area contributed by atoms with Crippen molar-refractivity contribution in [1.29, 1.82) is 0 Å². The lowest BCUT2D eigenvalue weighted by Gasteiger charge is -2.31. The first kappa shape index (κ1) is 11.5. The van der Waals surface area contributed by atoms with Gasteiger partial charge in [-0.05, 0) is 36.4 Å². The van der Waals surface area contributed by atoms with E-state index in [-0.39, 0.29) is 18.1 Å². The standard InChI is InChI=1S/C13H14N2O2S/c16-10-7-9(8-10)14-13(17)12-11(3-6-18-12)15-4-1-2-5-15/h1-6,9-10,16H,7-8H2,(H,14,17). The van der Waals surface area contributed by atoms with Crippen LogP contribution in [0.5, 0.6) is 0 Å². The van der Waals surface area contributed by atoms with E-state index in [9.17, 15) is 9.90 Å². The number of amides is 1. The summed E-state index contributed by atoms with van der Waals surface area (Å²) >= 11 is 1.44. The summed E-state index contributed by atoms with van der Waals surface area (Å²) < 4.78 is 1.93. The van der Waals surface area contributed by atoms with Gasteiger partial charge in [-0.25, -0.2) is 0 Å². The van der Waals surface area contributed by atoms with E-state index in [0.717, 1.165) is 5.69 Å². The second-order valence-corrected chi connectivity index (χ2v) is 5.44. The third-order valence-corrected chi connectivity index (χ3v) is 4.08. The molecule has 2 aromatic heterocycles. The Labute approximate surface area is 109 Å². The lowest BCUT2D eigenvalue weighted by atomic mass is 9.89. The number of aliphatic hydroxyl groups excluding tert-OH is 1. The van der Waals surface area contributed by atoms with Crippen LogP contribution < -0.4 is 5.32 Å². The Hall–Kier alpha value is -1.59. The summed E-state index contributed by atoms with van der Waals surface area (Å²) in [6, 6.07) is 5.92. The van der Waals surface area contributed by atoms with E-state index in [1.54, 1.807) is 0 Å². The number of thiophene rings is 1. The van der Waals surface area contributed by atoms with Crippen LogP contribution >= 0.6 is 11.3 Å². The van der Waals surface area contributed by atoms with E-state index in [4.69, 9.17) is 0 Å².